The number of aliphatic carboxylic acids is 1. The number of nitrogens with zero attached hydrogens (tertiary/aromatic N) is 1. The summed E-state index contributed by atoms with van der Waals surface area (Å²) in [6.07, 6.45) is 2.82. The van der Waals surface area contributed by atoms with Gasteiger partial charge in [0.05, 0.1) is 0 Å². The largest absolute Gasteiger partial charge is 0.480 e. The summed E-state index contributed by atoms with van der Waals surface area (Å²) in [7, 11) is 0. The van der Waals surface area contributed by atoms with Crippen LogP contribution in [0.25, 0.3) is 0 Å². The average Bonchev–Trinajstić information content (AvgIpc) is 2.58. The minimum Gasteiger partial charge on any atom is -0.480 e. The lowest BCUT2D eigenvalue weighted by Gasteiger charge is -2.32. The molecule has 0 saturated carbocycles. The normalized spacial score (nSPS) is 21.6. The van der Waals surface area contributed by atoms with Crippen LogP contribution in [0, 0.1) is 0 Å². The van der Waals surface area contributed by atoms with Gasteiger partial charge in [0.15, 0.2) is 0 Å². The van der Waals surface area contributed by atoms with Gasteiger partial charge in [0.1, 0.15) is 10.4 Å². The highest BCUT2D eigenvalue weighted by molar-refractivity contribution is 9.10. The minimum atomic E-state index is -0.716. The molecule has 1 atom stereocenters. The van der Waals surface area contributed by atoms with E-state index in [4.69, 9.17) is 11.6 Å². The van der Waals surface area contributed by atoms with Gasteiger partial charge in [-0.05, 0) is 41.4 Å². The third-order valence-electron chi connectivity index (χ3n) is 2.95. The number of carboxylic acid groups (broad SMARTS) is 1. The van der Waals surface area contributed by atoms with Crippen molar-refractivity contribution in [2.45, 2.75) is 31.8 Å². The number of carbonyl (C=O) groups is 1. The smallest absolute Gasteiger partial charge is 0.320 e. The molecule has 0 amide bonds. The van der Waals surface area contributed by atoms with E-state index in [1.165, 1.54) is 11.3 Å². The number of thiophene rings is 1. The molecule has 1 fully saturated rings. The molecule has 1 unspecified atom stereocenters. The van der Waals surface area contributed by atoms with Crippen molar-refractivity contribution in [3.05, 3.63) is 19.8 Å². The quantitative estimate of drug-likeness (QED) is 0.915. The number of hydrogen-bond acceptors (Lipinski definition) is 3. The zero-order chi connectivity index (χ0) is 12.4. The number of hydrogen-bond donors (Lipinski definition) is 1. The summed E-state index contributed by atoms with van der Waals surface area (Å²) < 4.78 is 1.62. The Labute approximate surface area is 118 Å². The van der Waals surface area contributed by atoms with Gasteiger partial charge in [-0.25, -0.2) is 0 Å². The molecule has 1 saturated heterocycles. The predicted octanol–water partition coefficient (Wildman–Crippen LogP) is 3.60. The van der Waals surface area contributed by atoms with Crippen molar-refractivity contribution >= 4 is 44.8 Å². The Morgan fingerprint density at radius 1 is 1.65 bits per heavy atom. The van der Waals surface area contributed by atoms with Gasteiger partial charge in [0.2, 0.25) is 0 Å². The number of rotatable bonds is 3. The first-order valence-corrected chi connectivity index (χ1v) is 7.47. The fourth-order valence-electron chi connectivity index (χ4n) is 2.13. The van der Waals surface area contributed by atoms with Crippen molar-refractivity contribution in [2.75, 3.05) is 6.54 Å². The maximum Gasteiger partial charge on any atom is 0.320 e. The molecule has 0 radical (unpaired) electrons. The molecular weight excluding hydrogens is 326 g/mol. The number of halogens is 2. The Hall–Kier alpha value is -0.100. The molecular formula is C11H13BrClNO2S. The summed E-state index contributed by atoms with van der Waals surface area (Å²) in [5.74, 6) is -0.716. The number of piperidine rings is 1. The maximum absolute atomic E-state index is 11.2. The highest BCUT2D eigenvalue weighted by Gasteiger charge is 2.28. The van der Waals surface area contributed by atoms with Gasteiger partial charge >= 0.3 is 5.97 Å². The molecule has 17 heavy (non-hydrogen) atoms. The van der Waals surface area contributed by atoms with E-state index in [-0.39, 0.29) is 6.04 Å². The van der Waals surface area contributed by atoms with E-state index in [0.29, 0.717) is 6.54 Å². The maximum atomic E-state index is 11.2. The molecule has 94 valence electrons. The van der Waals surface area contributed by atoms with Gasteiger partial charge < -0.3 is 5.11 Å². The van der Waals surface area contributed by atoms with Crippen LogP contribution in [0.2, 0.25) is 4.34 Å². The van der Waals surface area contributed by atoms with Crippen LogP contribution in [0.15, 0.2) is 10.5 Å². The third kappa shape index (κ3) is 3.22. The Morgan fingerprint density at radius 2 is 2.41 bits per heavy atom. The van der Waals surface area contributed by atoms with Crippen LogP contribution < -0.4 is 0 Å². The fraction of sp³-hybridized carbons (Fsp3) is 0.545. The van der Waals surface area contributed by atoms with Crippen LogP contribution >= 0.6 is 38.9 Å². The first kappa shape index (κ1) is 13.3. The monoisotopic (exact) mass is 337 g/mol. The first-order chi connectivity index (χ1) is 8.08. The van der Waals surface area contributed by atoms with Gasteiger partial charge in [-0.1, -0.05) is 18.0 Å². The summed E-state index contributed by atoms with van der Waals surface area (Å²) in [5, 5.41) is 9.17. The SMILES string of the molecule is O=C(O)C1CCCCN1Cc1cc(Br)c(Cl)s1. The van der Waals surface area contributed by atoms with Crippen LogP contribution in [0.1, 0.15) is 24.1 Å². The second kappa shape index (κ2) is 5.69. The summed E-state index contributed by atoms with van der Waals surface area (Å²) in [6, 6.07) is 1.63. The van der Waals surface area contributed by atoms with Gasteiger partial charge in [-0.15, -0.1) is 11.3 Å². The Kier molecular flexibility index (Phi) is 4.47. The fourth-order valence-corrected chi connectivity index (χ4v) is 3.95. The molecule has 0 aliphatic carbocycles. The van der Waals surface area contributed by atoms with Crippen LogP contribution in [-0.4, -0.2) is 28.6 Å². The molecule has 1 aliphatic rings. The van der Waals surface area contributed by atoms with E-state index in [0.717, 1.165) is 39.5 Å². The van der Waals surface area contributed by atoms with Crippen molar-refractivity contribution < 1.29 is 9.90 Å². The van der Waals surface area contributed by atoms with Crippen molar-refractivity contribution in [2.24, 2.45) is 0 Å². The molecule has 2 rings (SSSR count). The number of likely N-dealkylation sites (tertiary alicyclic amines) is 1. The van der Waals surface area contributed by atoms with Crippen molar-refractivity contribution in [1.82, 2.24) is 4.90 Å². The lowest BCUT2D eigenvalue weighted by atomic mass is 10.0. The standard InChI is InChI=1S/C11H13BrClNO2S/c12-8-5-7(17-10(8)13)6-14-4-2-1-3-9(14)11(15)16/h5,9H,1-4,6H2,(H,15,16). The Bertz CT molecular complexity index is 404. The third-order valence-corrected chi connectivity index (χ3v) is 5.41. The van der Waals surface area contributed by atoms with Crippen LogP contribution in [0.3, 0.4) is 0 Å². The second-order valence-corrected chi connectivity index (χ2v) is 6.75. The van der Waals surface area contributed by atoms with Gasteiger partial charge in [-0.2, -0.15) is 0 Å². The Morgan fingerprint density at radius 3 is 3.00 bits per heavy atom. The van der Waals surface area contributed by atoms with Gasteiger partial charge in [0.25, 0.3) is 0 Å². The zero-order valence-corrected chi connectivity index (χ0v) is 12.3. The topological polar surface area (TPSA) is 40.5 Å². The number of carboxylic acids is 1. The van der Waals surface area contributed by atoms with E-state index >= 15 is 0 Å². The zero-order valence-electron chi connectivity index (χ0n) is 9.16. The van der Waals surface area contributed by atoms with Crippen LogP contribution in [0.4, 0.5) is 0 Å². The second-order valence-electron chi connectivity index (χ2n) is 4.15. The first-order valence-electron chi connectivity index (χ1n) is 5.48. The summed E-state index contributed by atoms with van der Waals surface area (Å²) in [6.45, 7) is 1.52. The molecule has 3 nitrogen and oxygen atoms in total. The molecule has 1 N–H and O–H groups in total. The Balaban J connectivity index is 2.07. The molecule has 1 aromatic heterocycles. The molecule has 1 aliphatic heterocycles. The van der Waals surface area contributed by atoms with Crippen molar-refractivity contribution in [3.63, 3.8) is 0 Å². The predicted molar refractivity (Wildman–Crippen MR) is 72.7 cm³/mol. The molecule has 1 aromatic rings. The highest BCUT2D eigenvalue weighted by atomic mass is 79.9. The molecule has 0 spiro atoms. The van der Waals surface area contributed by atoms with Gasteiger partial charge in [0, 0.05) is 15.9 Å². The molecule has 0 aromatic carbocycles. The average molecular weight is 339 g/mol. The van der Waals surface area contributed by atoms with E-state index < -0.39 is 5.97 Å². The van der Waals surface area contributed by atoms with Crippen molar-refractivity contribution in [1.29, 1.82) is 0 Å². The van der Waals surface area contributed by atoms with Crippen molar-refractivity contribution in [3.8, 4) is 0 Å². The highest BCUT2D eigenvalue weighted by Crippen LogP contribution is 2.33. The summed E-state index contributed by atoms with van der Waals surface area (Å²) in [5.41, 5.74) is 0. The van der Waals surface area contributed by atoms with Crippen LogP contribution in [-0.2, 0) is 11.3 Å². The van der Waals surface area contributed by atoms with E-state index in [9.17, 15) is 9.90 Å². The lowest BCUT2D eigenvalue weighted by Crippen LogP contribution is -2.43. The van der Waals surface area contributed by atoms with E-state index in [2.05, 4.69) is 15.9 Å². The lowest BCUT2D eigenvalue weighted by molar-refractivity contribution is -0.144. The molecule has 0 bridgehead atoms. The van der Waals surface area contributed by atoms with Gasteiger partial charge in [-0.3, -0.25) is 9.69 Å². The van der Waals surface area contributed by atoms with E-state index in [1.54, 1.807) is 0 Å². The molecule has 2 heterocycles. The minimum absolute atomic E-state index is 0.344. The van der Waals surface area contributed by atoms with E-state index in [1.807, 2.05) is 11.0 Å². The summed E-state index contributed by atoms with van der Waals surface area (Å²) >= 11 is 10.9. The summed E-state index contributed by atoms with van der Waals surface area (Å²) in [4.78, 5) is 14.3. The van der Waals surface area contributed by atoms with Crippen LogP contribution in [0.5, 0.6) is 0 Å². The molecule has 6 heteroatoms.